The summed E-state index contributed by atoms with van der Waals surface area (Å²) in [5.41, 5.74) is 0. The first-order valence-corrected chi connectivity index (χ1v) is 39.2. The van der Waals surface area contributed by atoms with E-state index >= 15 is 0 Å². The third-order valence-corrected chi connectivity index (χ3v) is 18.3. The molecule has 0 aromatic rings. The van der Waals surface area contributed by atoms with Crippen LogP contribution in [0.1, 0.15) is 344 Å². The average molecular weight is 1310 g/mol. The number of phosphoric acid groups is 2. The van der Waals surface area contributed by atoms with Gasteiger partial charge in [-0.1, -0.05) is 293 Å². The molecule has 6 atom stereocenters. The Labute approximate surface area is 543 Å². The molecule has 0 bridgehead atoms. The fourth-order valence-electron chi connectivity index (χ4n) is 10.5. The van der Waals surface area contributed by atoms with E-state index in [1.165, 1.54) is 141 Å². The van der Waals surface area contributed by atoms with Crippen molar-refractivity contribution in [3.8, 4) is 0 Å². The quantitative estimate of drug-likeness (QED) is 0.0222. The van der Waals surface area contributed by atoms with Crippen molar-refractivity contribution in [1.82, 2.24) is 0 Å². The molecule has 89 heavy (non-hydrogen) atoms. The zero-order valence-corrected chi connectivity index (χ0v) is 59.8. The fourth-order valence-corrected chi connectivity index (χ4v) is 12.0. The van der Waals surface area contributed by atoms with Gasteiger partial charge in [-0.15, -0.1) is 0 Å². The summed E-state index contributed by atoms with van der Waals surface area (Å²) in [6.45, 7) is 14.1. The maximum absolute atomic E-state index is 13.0. The van der Waals surface area contributed by atoms with Crippen molar-refractivity contribution >= 4 is 39.5 Å². The topological polar surface area (TPSA) is 237 Å². The summed E-state index contributed by atoms with van der Waals surface area (Å²) in [6.07, 6.45) is 41.7. The summed E-state index contributed by atoms with van der Waals surface area (Å²) in [6, 6.07) is 0. The minimum absolute atomic E-state index is 0.104. The number of aliphatic hydroxyl groups is 1. The van der Waals surface area contributed by atoms with Gasteiger partial charge in [-0.2, -0.15) is 0 Å². The molecule has 3 N–H and O–H groups in total. The third kappa shape index (κ3) is 63.2. The molecule has 0 spiro atoms. The number of esters is 4. The molecule has 528 valence electrons. The van der Waals surface area contributed by atoms with Crippen LogP contribution in [0.3, 0.4) is 0 Å². The molecular formula is C70H136O17P2. The van der Waals surface area contributed by atoms with Gasteiger partial charge in [-0.05, 0) is 49.4 Å². The monoisotopic (exact) mass is 1310 g/mol. The molecule has 0 rings (SSSR count). The number of ether oxygens (including phenoxy) is 4. The minimum atomic E-state index is -4.95. The maximum atomic E-state index is 13.0. The van der Waals surface area contributed by atoms with E-state index in [0.717, 1.165) is 114 Å². The Morgan fingerprint density at radius 2 is 0.539 bits per heavy atom. The van der Waals surface area contributed by atoms with Crippen molar-refractivity contribution in [2.24, 2.45) is 23.7 Å². The highest BCUT2D eigenvalue weighted by atomic mass is 31.2. The van der Waals surface area contributed by atoms with Gasteiger partial charge in [0.25, 0.3) is 0 Å². The van der Waals surface area contributed by atoms with Gasteiger partial charge in [-0.25, -0.2) is 9.13 Å². The Kier molecular flexibility index (Phi) is 58.5. The van der Waals surface area contributed by atoms with Gasteiger partial charge >= 0.3 is 39.5 Å². The van der Waals surface area contributed by atoms with E-state index in [2.05, 4.69) is 55.4 Å². The number of carbonyl (C=O) groups excluding carboxylic acids is 4. The van der Waals surface area contributed by atoms with Crippen LogP contribution in [0.2, 0.25) is 0 Å². The van der Waals surface area contributed by atoms with Crippen molar-refractivity contribution < 1.29 is 80.2 Å². The van der Waals surface area contributed by atoms with Crippen molar-refractivity contribution in [1.29, 1.82) is 0 Å². The van der Waals surface area contributed by atoms with Crippen LogP contribution >= 0.6 is 15.6 Å². The van der Waals surface area contributed by atoms with Crippen molar-refractivity contribution in [2.45, 2.75) is 363 Å². The van der Waals surface area contributed by atoms with Gasteiger partial charge in [0, 0.05) is 25.7 Å². The van der Waals surface area contributed by atoms with E-state index in [1.54, 1.807) is 0 Å². The molecule has 0 aromatic carbocycles. The van der Waals surface area contributed by atoms with E-state index < -0.39 is 97.5 Å². The van der Waals surface area contributed by atoms with Gasteiger partial charge in [0.2, 0.25) is 0 Å². The van der Waals surface area contributed by atoms with E-state index in [1.807, 2.05) is 0 Å². The zero-order chi connectivity index (χ0) is 66.1. The normalized spacial score (nSPS) is 14.6. The van der Waals surface area contributed by atoms with Crippen LogP contribution in [0.4, 0.5) is 0 Å². The Morgan fingerprint density at radius 3 is 0.798 bits per heavy atom. The number of hydrogen-bond acceptors (Lipinski definition) is 15. The average Bonchev–Trinajstić information content (AvgIpc) is 3.65. The summed E-state index contributed by atoms with van der Waals surface area (Å²) in [7, 11) is -9.90. The summed E-state index contributed by atoms with van der Waals surface area (Å²) < 4.78 is 68.3. The van der Waals surface area contributed by atoms with Crippen LogP contribution in [0.25, 0.3) is 0 Å². The summed E-state index contributed by atoms with van der Waals surface area (Å²) in [5, 5.41) is 10.6. The van der Waals surface area contributed by atoms with E-state index in [0.29, 0.717) is 31.6 Å². The molecule has 19 heteroatoms. The van der Waals surface area contributed by atoms with Crippen molar-refractivity contribution in [3.63, 3.8) is 0 Å². The Morgan fingerprint density at radius 1 is 0.315 bits per heavy atom. The molecule has 0 aromatic heterocycles. The van der Waals surface area contributed by atoms with Gasteiger partial charge < -0.3 is 33.8 Å². The summed E-state index contributed by atoms with van der Waals surface area (Å²) in [4.78, 5) is 72.5. The number of phosphoric ester groups is 2. The molecule has 17 nitrogen and oxygen atoms in total. The molecule has 0 aliphatic heterocycles. The van der Waals surface area contributed by atoms with Gasteiger partial charge in [0.05, 0.1) is 26.4 Å². The molecule has 0 aliphatic rings. The molecule has 0 aliphatic carbocycles. The second-order valence-corrected chi connectivity index (χ2v) is 29.8. The second kappa shape index (κ2) is 59.8. The highest BCUT2D eigenvalue weighted by Crippen LogP contribution is 2.45. The number of aliphatic hydroxyl groups excluding tert-OH is 1. The zero-order valence-electron chi connectivity index (χ0n) is 58.1. The molecule has 0 saturated heterocycles. The SMILES string of the molecule is CCC(C)CCCCCCCCCCC(=O)O[C@H](COC(=O)CCCCCCCCCCCCC(C)C)COP(=O)(O)OCC(O)COP(=O)(O)OC[C@@H](COC(=O)CCCCCCCCCC(C)C)OC(=O)CCCCCCCCCCCCCC(C)C. The number of rotatable bonds is 67. The standard InChI is InChI=1S/C70H136O17P2/c1-9-63(8)49-41-33-25-19-20-28-37-45-53-70(75)87-65(56-80-67(72)50-42-34-26-17-14-13-16-23-31-39-47-61(4)5)58-84-88(76,77)82-54-64(71)55-83-89(78,79)85-59-66(57-81-68(73)51-43-35-29-21-24-32-40-48-62(6)7)86-69(74)52-44-36-27-18-12-10-11-15-22-30-38-46-60(2)3/h60-66,71H,9-59H2,1-8H3,(H,76,77)(H,78,79)/t63?,64?,65-,66-/m1/s1. The largest absolute Gasteiger partial charge is 0.472 e. The Bertz CT molecular complexity index is 1770. The minimum Gasteiger partial charge on any atom is -0.462 e. The lowest BCUT2D eigenvalue weighted by atomic mass is 9.99. The van der Waals surface area contributed by atoms with Crippen molar-refractivity contribution in [3.05, 3.63) is 0 Å². The Hall–Kier alpha value is -1.94. The lowest BCUT2D eigenvalue weighted by Crippen LogP contribution is -2.30. The smallest absolute Gasteiger partial charge is 0.462 e. The first-order chi connectivity index (χ1) is 42.6. The lowest BCUT2D eigenvalue weighted by molar-refractivity contribution is -0.161. The third-order valence-electron chi connectivity index (χ3n) is 16.4. The molecule has 0 amide bonds. The summed E-state index contributed by atoms with van der Waals surface area (Å²) in [5.74, 6) is 0.868. The molecule has 0 saturated carbocycles. The van der Waals surface area contributed by atoms with Crippen LogP contribution < -0.4 is 0 Å². The lowest BCUT2D eigenvalue weighted by Gasteiger charge is -2.21. The predicted octanol–water partition coefficient (Wildman–Crippen LogP) is 19.7. The molecule has 0 heterocycles. The van der Waals surface area contributed by atoms with Gasteiger partial charge in [0.15, 0.2) is 12.2 Å². The fraction of sp³-hybridized carbons (Fsp3) is 0.943. The van der Waals surface area contributed by atoms with Crippen LogP contribution in [0.15, 0.2) is 0 Å². The molecular weight excluding hydrogens is 1170 g/mol. The highest BCUT2D eigenvalue weighted by molar-refractivity contribution is 7.47. The number of unbranched alkanes of at least 4 members (excludes halogenated alkanes) is 32. The van der Waals surface area contributed by atoms with E-state index in [4.69, 9.17) is 37.0 Å². The predicted molar refractivity (Wildman–Crippen MR) is 358 cm³/mol. The Balaban J connectivity index is 5.26. The van der Waals surface area contributed by atoms with Crippen LogP contribution in [-0.2, 0) is 65.4 Å². The number of hydrogen-bond donors (Lipinski definition) is 3. The van der Waals surface area contributed by atoms with Gasteiger partial charge in [-0.3, -0.25) is 37.3 Å². The maximum Gasteiger partial charge on any atom is 0.472 e. The van der Waals surface area contributed by atoms with Crippen LogP contribution in [-0.4, -0.2) is 96.7 Å². The van der Waals surface area contributed by atoms with Crippen LogP contribution in [0.5, 0.6) is 0 Å². The highest BCUT2D eigenvalue weighted by Gasteiger charge is 2.30. The summed E-state index contributed by atoms with van der Waals surface area (Å²) >= 11 is 0. The van der Waals surface area contributed by atoms with E-state index in [9.17, 15) is 43.2 Å². The molecule has 4 unspecified atom stereocenters. The second-order valence-electron chi connectivity index (χ2n) is 26.9. The molecule has 0 fully saturated rings. The van der Waals surface area contributed by atoms with E-state index in [-0.39, 0.29) is 25.7 Å². The first kappa shape index (κ1) is 87.1. The van der Waals surface area contributed by atoms with Gasteiger partial charge in [0.1, 0.15) is 19.3 Å². The molecule has 0 radical (unpaired) electrons. The van der Waals surface area contributed by atoms with Crippen LogP contribution in [0, 0.1) is 23.7 Å². The van der Waals surface area contributed by atoms with Crippen molar-refractivity contribution in [2.75, 3.05) is 39.6 Å². The number of carbonyl (C=O) groups is 4. The first-order valence-electron chi connectivity index (χ1n) is 36.2.